The summed E-state index contributed by atoms with van der Waals surface area (Å²) < 4.78 is 41.0. The lowest BCUT2D eigenvalue weighted by Gasteiger charge is -2.11. The summed E-state index contributed by atoms with van der Waals surface area (Å²) in [7, 11) is 0. The molecule has 11 heteroatoms. The van der Waals surface area contributed by atoms with Crippen molar-refractivity contribution in [1.29, 1.82) is 0 Å². The van der Waals surface area contributed by atoms with Gasteiger partial charge < -0.3 is 9.88 Å². The second kappa shape index (κ2) is 9.14. The third-order valence-electron chi connectivity index (χ3n) is 5.09. The first kappa shape index (κ1) is 23.2. The van der Waals surface area contributed by atoms with Crippen molar-refractivity contribution in [3.63, 3.8) is 0 Å². The molecule has 7 nitrogen and oxygen atoms in total. The van der Waals surface area contributed by atoms with Gasteiger partial charge in [-0.2, -0.15) is 18.3 Å². The van der Waals surface area contributed by atoms with E-state index < -0.39 is 17.6 Å². The van der Waals surface area contributed by atoms with Crippen molar-refractivity contribution in [2.45, 2.75) is 19.6 Å². The molecule has 0 aliphatic carbocycles. The van der Waals surface area contributed by atoms with Crippen LogP contribution in [0.15, 0.2) is 71.9 Å². The maximum Gasteiger partial charge on any atom is 0.417 e. The Morgan fingerprint density at radius 1 is 1.09 bits per heavy atom. The topological polar surface area (TPSA) is 81.8 Å². The minimum absolute atomic E-state index is 0.137. The Morgan fingerprint density at radius 3 is 2.53 bits per heavy atom. The number of rotatable bonds is 5. The van der Waals surface area contributed by atoms with Gasteiger partial charge in [0.25, 0.3) is 11.5 Å². The van der Waals surface area contributed by atoms with Crippen LogP contribution < -0.4 is 10.9 Å². The van der Waals surface area contributed by atoms with Crippen molar-refractivity contribution in [2.75, 3.05) is 5.32 Å². The average molecular weight is 488 g/mol. The summed E-state index contributed by atoms with van der Waals surface area (Å²) in [5.74, 6) is -0.364. The Bertz CT molecular complexity index is 1410. The number of alkyl halides is 3. The van der Waals surface area contributed by atoms with Crippen molar-refractivity contribution in [3.05, 3.63) is 105 Å². The molecule has 1 N–H and O–H groups in total. The number of aromatic nitrogens is 4. The molecule has 3 heterocycles. The normalized spacial score (nSPS) is 11.4. The predicted octanol–water partition coefficient (Wildman–Crippen LogP) is 4.71. The lowest BCUT2D eigenvalue weighted by molar-refractivity contribution is -0.137. The molecule has 0 fully saturated rings. The number of amides is 1. The minimum Gasteiger partial charge on any atom is -0.321 e. The summed E-state index contributed by atoms with van der Waals surface area (Å²) in [4.78, 5) is 28.9. The summed E-state index contributed by atoms with van der Waals surface area (Å²) in [6.45, 7) is 1.82. The molecule has 0 aliphatic heterocycles. The summed E-state index contributed by atoms with van der Waals surface area (Å²) in [6, 6.07) is 12.0. The van der Waals surface area contributed by atoms with Crippen molar-refractivity contribution in [3.8, 4) is 5.82 Å². The van der Waals surface area contributed by atoms with Gasteiger partial charge in [0, 0.05) is 23.5 Å². The fourth-order valence-electron chi connectivity index (χ4n) is 3.28. The Hall–Kier alpha value is -3.92. The summed E-state index contributed by atoms with van der Waals surface area (Å²) in [5, 5.41) is 7.30. The third-order valence-corrected chi connectivity index (χ3v) is 5.46. The molecule has 0 atom stereocenters. The van der Waals surface area contributed by atoms with E-state index in [1.807, 2.05) is 6.07 Å². The van der Waals surface area contributed by atoms with E-state index in [4.69, 9.17) is 11.6 Å². The molecule has 34 heavy (non-hydrogen) atoms. The number of nitrogens with one attached hydrogen (secondary N) is 1. The second-order valence-corrected chi connectivity index (χ2v) is 7.79. The Morgan fingerprint density at radius 2 is 1.85 bits per heavy atom. The van der Waals surface area contributed by atoms with Gasteiger partial charge in [0.05, 0.1) is 35.2 Å². The Labute approximate surface area is 196 Å². The molecule has 0 saturated carbocycles. The van der Waals surface area contributed by atoms with Crippen LogP contribution in [0.4, 0.5) is 18.9 Å². The van der Waals surface area contributed by atoms with E-state index in [9.17, 15) is 22.8 Å². The molecule has 0 spiro atoms. The SMILES string of the molecule is Cc1c(C(=O)Nc2ccc(=O)n(Cc3ccccc3Cl)c2)cnn1-c1ccc(C(F)(F)F)cn1. The Balaban J connectivity index is 1.54. The molecule has 0 bridgehead atoms. The van der Waals surface area contributed by atoms with Crippen LogP contribution in [0.3, 0.4) is 0 Å². The monoisotopic (exact) mass is 487 g/mol. The van der Waals surface area contributed by atoms with Gasteiger partial charge in [-0.3, -0.25) is 9.59 Å². The van der Waals surface area contributed by atoms with E-state index in [0.717, 1.165) is 11.6 Å². The van der Waals surface area contributed by atoms with Gasteiger partial charge in [-0.05, 0) is 36.8 Å². The molecule has 0 radical (unpaired) electrons. The molecule has 0 unspecified atom stereocenters. The van der Waals surface area contributed by atoms with E-state index in [2.05, 4.69) is 15.4 Å². The largest absolute Gasteiger partial charge is 0.417 e. The molecule has 174 valence electrons. The first-order chi connectivity index (χ1) is 16.1. The molecule has 1 amide bonds. The van der Waals surface area contributed by atoms with Crippen LogP contribution in [0.2, 0.25) is 5.02 Å². The standard InChI is InChI=1S/C23H17ClF3N5O2/c1-14-18(11-29-32(14)20-8-6-16(10-28-20)23(25,26)27)22(34)30-17-7-9-21(33)31(13-17)12-15-4-2-3-5-19(15)24/h2-11,13H,12H2,1H3,(H,30,34). The molecule has 4 rings (SSSR count). The van der Waals surface area contributed by atoms with Crippen LogP contribution in [0.5, 0.6) is 0 Å². The molecule has 0 saturated heterocycles. The van der Waals surface area contributed by atoms with E-state index in [1.54, 1.807) is 25.1 Å². The average Bonchev–Trinajstić information content (AvgIpc) is 3.18. The second-order valence-electron chi connectivity index (χ2n) is 7.39. The van der Waals surface area contributed by atoms with Crippen molar-refractivity contribution in [2.24, 2.45) is 0 Å². The van der Waals surface area contributed by atoms with Gasteiger partial charge in [0.2, 0.25) is 0 Å². The number of nitrogens with zero attached hydrogens (tertiary/aromatic N) is 4. The van der Waals surface area contributed by atoms with Crippen LogP contribution >= 0.6 is 11.6 Å². The molecule has 3 aromatic heterocycles. The molecule has 1 aromatic carbocycles. The maximum absolute atomic E-state index is 12.8. The molecule has 0 aliphatic rings. The minimum atomic E-state index is -4.50. The smallest absolute Gasteiger partial charge is 0.321 e. The highest BCUT2D eigenvalue weighted by atomic mass is 35.5. The first-order valence-corrected chi connectivity index (χ1v) is 10.3. The number of halogens is 4. The van der Waals surface area contributed by atoms with Crippen LogP contribution in [-0.2, 0) is 12.7 Å². The number of benzene rings is 1. The number of carbonyl (C=O) groups is 1. The van der Waals surface area contributed by atoms with Crippen molar-refractivity contribution >= 4 is 23.2 Å². The number of hydrogen-bond acceptors (Lipinski definition) is 4. The van der Waals surface area contributed by atoms with E-state index in [1.165, 1.54) is 39.8 Å². The fraction of sp³-hybridized carbons (Fsp3) is 0.130. The van der Waals surface area contributed by atoms with Crippen LogP contribution in [-0.4, -0.2) is 25.2 Å². The van der Waals surface area contributed by atoms with E-state index >= 15 is 0 Å². The first-order valence-electron chi connectivity index (χ1n) is 9.97. The third kappa shape index (κ3) is 4.86. The zero-order chi connectivity index (χ0) is 24.5. The predicted molar refractivity (Wildman–Crippen MR) is 120 cm³/mol. The highest BCUT2D eigenvalue weighted by molar-refractivity contribution is 6.31. The zero-order valence-electron chi connectivity index (χ0n) is 17.7. The van der Waals surface area contributed by atoms with Crippen LogP contribution in [0.25, 0.3) is 5.82 Å². The van der Waals surface area contributed by atoms with Crippen LogP contribution in [0.1, 0.15) is 27.2 Å². The van der Waals surface area contributed by atoms with E-state index in [0.29, 0.717) is 22.6 Å². The van der Waals surface area contributed by atoms with Gasteiger partial charge in [-0.1, -0.05) is 29.8 Å². The highest BCUT2D eigenvalue weighted by Gasteiger charge is 2.30. The van der Waals surface area contributed by atoms with Crippen molar-refractivity contribution < 1.29 is 18.0 Å². The maximum atomic E-state index is 12.8. The lowest BCUT2D eigenvalue weighted by atomic mass is 10.2. The van der Waals surface area contributed by atoms with Gasteiger partial charge in [-0.15, -0.1) is 0 Å². The fourth-order valence-corrected chi connectivity index (χ4v) is 3.48. The number of pyridine rings is 2. The van der Waals surface area contributed by atoms with Gasteiger partial charge in [0.15, 0.2) is 5.82 Å². The van der Waals surface area contributed by atoms with Gasteiger partial charge in [-0.25, -0.2) is 9.67 Å². The number of anilines is 1. The summed E-state index contributed by atoms with van der Waals surface area (Å²) >= 11 is 6.18. The summed E-state index contributed by atoms with van der Waals surface area (Å²) in [6.07, 6.45) is -0.999. The van der Waals surface area contributed by atoms with Gasteiger partial charge >= 0.3 is 6.18 Å². The van der Waals surface area contributed by atoms with Gasteiger partial charge in [0.1, 0.15) is 0 Å². The molecule has 4 aromatic rings. The highest BCUT2D eigenvalue weighted by Crippen LogP contribution is 2.29. The number of carbonyl (C=O) groups excluding carboxylic acids is 1. The molecular formula is C23H17ClF3N5O2. The van der Waals surface area contributed by atoms with E-state index in [-0.39, 0.29) is 23.5 Å². The zero-order valence-corrected chi connectivity index (χ0v) is 18.4. The quantitative estimate of drug-likeness (QED) is 0.442. The number of hydrogen-bond donors (Lipinski definition) is 1. The molecular weight excluding hydrogens is 471 g/mol. The van der Waals surface area contributed by atoms with Crippen molar-refractivity contribution in [1.82, 2.24) is 19.3 Å². The van der Waals surface area contributed by atoms with Crippen LogP contribution in [0, 0.1) is 6.92 Å². The summed E-state index contributed by atoms with van der Waals surface area (Å²) in [5.41, 5.74) is 0.549. The lowest BCUT2D eigenvalue weighted by Crippen LogP contribution is -2.21. The Kier molecular flexibility index (Phi) is 6.25.